The van der Waals surface area contributed by atoms with Gasteiger partial charge in [0.25, 0.3) is 5.91 Å². The first-order valence-electron chi connectivity index (χ1n) is 20.8. The van der Waals surface area contributed by atoms with Crippen LogP contribution in [0.4, 0.5) is 11.4 Å². The maximum Gasteiger partial charge on any atom is 0.329 e. The van der Waals surface area contributed by atoms with E-state index in [2.05, 4.69) is 47.3 Å². The fourth-order valence-electron chi connectivity index (χ4n) is 10.1. The van der Waals surface area contributed by atoms with E-state index in [1.54, 1.807) is 36.4 Å². The Morgan fingerprint density at radius 3 is 2.47 bits per heavy atom. The number of methoxy groups -OCH3 is 1. The van der Waals surface area contributed by atoms with Crippen molar-refractivity contribution in [1.82, 2.24) is 39.1 Å². The monoisotopic (exact) mass is 788 g/mol. The van der Waals surface area contributed by atoms with Gasteiger partial charge in [0.05, 0.1) is 53.0 Å². The molecule has 0 radical (unpaired) electrons. The Morgan fingerprint density at radius 2 is 1.74 bits per heavy atom. The zero-order valence-electron chi connectivity index (χ0n) is 33.6. The molecule has 15 nitrogen and oxygen atoms in total. The first-order chi connectivity index (χ1) is 28.1. The summed E-state index contributed by atoms with van der Waals surface area (Å²) in [6.07, 6.45) is 15.0. The molecule has 15 heteroatoms. The normalized spacial score (nSPS) is 22.7. The molecule has 1 unspecified atom stereocenters. The second-order valence-corrected chi connectivity index (χ2v) is 17.0. The van der Waals surface area contributed by atoms with Crippen molar-refractivity contribution < 1.29 is 19.1 Å². The Bertz CT molecular complexity index is 2440. The number of amides is 3. The molecule has 1 atom stereocenters. The lowest BCUT2D eigenvalue weighted by molar-refractivity contribution is -0.135. The molecule has 6 heterocycles. The van der Waals surface area contributed by atoms with Crippen molar-refractivity contribution in [2.24, 2.45) is 18.4 Å². The van der Waals surface area contributed by atoms with E-state index in [0.29, 0.717) is 40.9 Å². The van der Waals surface area contributed by atoms with Crippen LogP contribution in [0.15, 0.2) is 53.7 Å². The first-order valence-corrected chi connectivity index (χ1v) is 20.8. The van der Waals surface area contributed by atoms with E-state index >= 15 is 0 Å². The molecule has 3 aromatic heterocycles. The number of anilines is 2. The lowest BCUT2D eigenvalue weighted by Gasteiger charge is -2.48. The van der Waals surface area contributed by atoms with Gasteiger partial charge in [-0.1, -0.05) is 6.07 Å². The summed E-state index contributed by atoms with van der Waals surface area (Å²) in [7, 11) is 3.37. The molecule has 5 aromatic rings. The molecule has 4 aliphatic rings. The van der Waals surface area contributed by atoms with Crippen LogP contribution < -0.4 is 26.0 Å². The summed E-state index contributed by atoms with van der Waals surface area (Å²) in [6, 6.07) is 9.45. The number of hydrogen-bond donors (Lipinski definition) is 2. The summed E-state index contributed by atoms with van der Waals surface area (Å²) in [6.45, 7) is 7.12. The zero-order chi connectivity index (χ0) is 40.1. The van der Waals surface area contributed by atoms with Gasteiger partial charge in [0.2, 0.25) is 11.8 Å². The van der Waals surface area contributed by atoms with E-state index in [9.17, 15) is 19.2 Å². The Labute approximate surface area is 336 Å². The molecule has 1 saturated carbocycles. The number of carbonyl (C=O) groups is 3. The summed E-state index contributed by atoms with van der Waals surface area (Å²) >= 11 is 0. The summed E-state index contributed by atoms with van der Waals surface area (Å²) in [5.74, 6) is 0.202. The number of fused-ring (bicyclic) bond motifs is 2. The van der Waals surface area contributed by atoms with Crippen molar-refractivity contribution in [3.8, 4) is 5.75 Å². The molecule has 3 aliphatic heterocycles. The van der Waals surface area contributed by atoms with Gasteiger partial charge in [-0.25, -0.2) is 9.78 Å². The third kappa shape index (κ3) is 7.13. The number of ether oxygens (including phenoxy) is 1. The minimum atomic E-state index is -0.685. The summed E-state index contributed by atoms with van der Waals surface area (Å²) in [5, 5.41) is 11.2. The third-order valence-corrected chi connectivity index (χ3v) is 13.5. The van der Waals surface area contributed by atoms with Gasteiger partial charge in [-0.15, -0.1) is 0 Å². The molecule has 58 heavy (non-hydrogen) atoms. The fraction of sp³-hybridized carbons (Fsp3) is 0.512. The zero-order valence-corrected chi connectivity index (χ0v) is 33.6. The van der Waals surface area contributed by atoms with E-state index in [0.717, 1.165) is 86.0 Å². The van der Waals surface area contributed by atoms with E-state index in [4.69, 9.17) is 9.84 Å². The molecule has 9 rings (SSSR count). The van der Waals surface area contributed by atoms with Gasteiger partial charge < -0.3 is 19.9 Å². The number of rotatable bonds is 8. The molecule has 3 amide bonds. The first kappa shape index (κ1) is 38.0. The van der Waals surface area contributed by atoms with Crippen molar-refractivity contribution in [2.75, 3.05) is 50.1 Å². The molecule has 2 N–H and O–H groups in total. The van der Waals surface area contributed by atoms with E-state index < -0.39 is 11.9 Å². The number of aryl methyl sites for hydroxylation is 2. The number of para-hydroxylation sites is 1. The molecule has 304 valence electrons. The third-order valence-electron chi connectivity index (χ3n) is 13.5. The van der Waals surface area contributed by atoms with Crippen molar-refractivity contribution >= 4 is 51.0 Å². The number of imidazole rings is 1. The highest BCUT2D eigenvalue weighted by atomic mass is 16.5. The van der Waals surface area contributed by atoms with Crippen LogP contribution in [0.25, 0.3) is 21.9 Å². The maximum absolute atomic E-state index is 13.5. The van der Waals surface area contributed by atoms with Crippen molar-refractivity contribution in [2.45, 2.75) is 83.2 Å². The SMILES string of the molecule is COc1cc2nn([C@H]3CC[C@H](CN4CCC5(CC4)CCN(c4cccc6c4n(C)c(=O)n6C4CCC(=O)NC4=O)CC5)CC3)cc2cc1NC(=O)c1cncc(C)n1. The highest BCUT2D eigenvalue weighted by Crippen LogP contribution is 2.44. The Balaban J connectivity index is 0.777. The van der Waals surface area contributed by atoms with Gasteiger partial charge in [-0.3, -0.25) is 38.5 Å². The smallest absolute Gasteiger partial charge is 0.329 e. The van der Waals surface area contributed by atoms with Crippen LogP contribution in [0, 0.1) is 18.3 Å². The molecule has 3 saturated heterocycles. The Hall–Kier alpha value is -5.57. The highest BCUT2D eigenvalue weighted by molar-refractivity contribution is 6.05. The lowest BCUT2D eigenvalue weighted by atomic mass is 9.71. The maximum atomic E-state index is 13.5. The molecule has 1 spiro atoms. The van der Waals surface area contributed by atoms with Crippen molar-refractivity contribution in [3.63, 3.8) is 0 Å². The number of nitrogens with one attached hydrogen (secondary N) is 2. The van der Waals surface area contributed by atoms with Gasteiger partial charge >= 0.3 is 5.69 Å². The van der Waals surface area contributed by atoms with E-state index in [-0.39, 0.29) is 29.6 Å². The van der Waals surface area contributed by atoms with Crippen LogP contribution in [0.2, 0.25) is 0 Å². The van der Waals surface area contributed by atoms with Gasteiger partial charge in [0.1, 0.15) is 17.5 Å². The number of benzene rings is 2. The number of likely N-dealkylation sites (tertiary alicyclic amines) is 1. The highest BCUT2D eigenvalue weighted by Gasteiger charge is 2.39. The van der Waals surface area contributed by atoms with Crippen LogP contribution in [0.5, 0.6) is 5.75 Å². The molecule has 4 fully saturated rings. The minimum Gasteiger partial charge on any atom is -0.494 e. The average Bonchev–Trinajstić information content (AvgIpc) is 3.76. The van der Waals surface area contributed by atoms with Gasteiger partial charge in [-0.05, 0) is 107 Å². The predicted molar refractivity (Wildman–Crippen MR) is 220 cm³/mol. The summed E-state index contributed by atoms with van der Waals surface area (Å²) < 4.78 is 11.0. The number of piperidine rings is 3. The molecule has 2 aromatic carbocycles. The van der Waals surface area contributed by atoms with Crippen molar-refractivity contribution in [3.05, 3.63) is 70.8 Å². The van der Waals surface area contributed by atoms with Gasteiger partial charge in [0, 0.05) is 56.9 Å². The van der Waals surface area contributed by atoms with Crippen LogP contribution in [-0.2, 0) is 16.6 Å². The number of imide groups is 1. The number of nitrogens with zero attached hydrogens (tertiary/aromatic N) is 8. The summed E-state index contributed by atoms with van der Waals surface area (Å²) in [5.41, 5.74) is 5.10. The van der Waals surface area contributed by atoms with Gasteiger partial charge in [0.15, 0.2) is 0 Å². The average molecular weight is 789 g/mol. The Kier molecular flexibility index (Phi) is 10.0. The van der Waals surface area contributed by atoms with Crippen LogP contribution in [-0.4, -0.2) is 91.3 Å². The summed E-state index contributed by atoms with van der Waals surface area (Å²) in [4.78, 5) is 64.5. The van der Waals surface area contributed by atoms with Crippen molar-refractivity contribution in [1.29, 1.82) is 0 Å². The van der Waals surface area contributed by atoms with E-state index in [1.807, 2.05) is 24.3 Å². The second-order valence-electron chi connectivity index (χ2n) is 17.0. The van der Waals surface area contributed by atoms with Crippen LogP contribution in [0.3, 0.4) is 0 Å². The molecule has 1 aliphatic carbocycles. The number of hydrogen-bond acceptors (Lipinski definition) is 10. The second kappa shape index (κ2) is 15.3. The van der Waals surface area contributed by atoms with Gasteiger partial charge in [-0.2, -0.15) is 5.10 Å². The number of aromatic nitrogens is 6. The lowest BCUT2D eigenvalue weighted by Crippen LogP contribution is -2.48. The quantitative estimate of drug-likeness (QED) is 0.202. The Morgan fingerprint density at radius 1 is 0.983 bits per heavy atom. The largest absolute Gasteiger partial charge is 0.494 e. The molecule has 0 bridgehead atoms. The standard InChI is InChI=1S/C43H52N10O5/c1-27-23-44-24-33(45-27)40(55)46-32-21-29-26-52(48-31(29)22-37(32)58-3)30-9-7-28(8-10-30)25-50-17-13-43(14-18-50)15-19-51(20-16-43)34-5-4-6-35-39(34)49(2)42(57)53(35)36-11-12-38(54)47-41(36)56/h4-6,21-24,26,28,30,36H,7-20,25H2,1-3H3,(H,46,55)(H,47,54,56)/t28-,30-,36?. The minimum absolute atomic E-state index is 0.227. The number of carbonyl (C=O) groups excluding carboxylic acids is 3. The van der Waals surface area contributed by atoms with Crippen LogP contribution in [0.1, 0.15) is 92.5 Å². The molecular formula is C43H52N10O5. The topological polar surface area (TPSA) is 162 Å². The predicted octanol–water partition coefficient (Wildman–Crippen LogP) is 5.14. The fourth-order valence-corrected chi connectivity index (χ4v) is 10.1. The van der Waals surface area contributed by atoms with Crippen LogP contribution >= 0.6 is 0 Å². The molecular weight excluding hydrogens is 737 g/mol. The van der Waals surface area contributed by atoms with E-state index in [1.165, 1.54) is 31.9 Å².